The molecule has 0 aliphatic carbocycles. The predicted octanol–water partition coefficient (Wildman–Crippen LogP) is 1.21. The van der Waals surface area contributed by atoms with Crippen LogP contribution in [0.3, 0.4) is 0 Å². The summed E-state index contributed by atoms with van der Waals surface area (Å²) in [5.41, 5.74) is 0.934. The second-order valence-electron chi connectivity index (χ2n) is 2.10. The van der Waals surface area contributed by atoms with Gasteiger partial charge in [-0.15, -0.1) is 11.6 Å². The summed E-state index contributed by atoms with van der Waals surface area (Å²) in [6.07, 6.45) is 0. The Balaban J connectivity index is 0.00000121. The molecule has 0 radical (unpaired) electrons. The maximum absolute atomic E-state index is 10.5. The molecule has 0 bridgehead atoms. The van der Waals surface area contributed by atoms with Crippen molar-refractivity contribution in [2.75, 3.05) is 0 Å². The number of halogens is 1. The average Bonchev–Trinajstić information content (AvgIpc) is 2.04. The number of aromatic carboxylic acids is 1. The molecule has 1 N–H and O–H groups in total. The number of carboxylic acid groups (broad SMARTS) is 1. The van der Waals surface area contributed by atoms with E-state index in [0.29, 0.717) is 5.56 Å². The van der Waals surface area contributed by atoms with Crippen molar-refractivity contribution in [3.63, 3.8) is 0 Å². The molecule has 0 unspecified atom stereocenters. The molecule has 2 nitrogen and oxygen atoms in total. The van der Waals surface area contributed by atoms with E-state index in [1.807, 2.05) is 0 Å². The van der Waals surface area contributed by atoms with E-state index in [4.69, 9.17) is 16.7 Å². The molecule has 0 spiro atoms. The standard InChI is InChI=1S/C8H7ClO2.Ca.2H/c9-5-6-3-1-2-4-7(6)8(10)11;;;/h1-4H,5H2,(H,10,11);;;. The zero-order chi connectivity index (χ0) is 8.27. The van der Waals surface area contributed by atoms with Crippen LogP contribution in [0.15, 0.2) is 24.3 Å². The summed E-state index contributed by atoms with van der Waals surface area (Å²) in [6, 6.07) is 6.69. The Morgan fingerprint density at radius 1 is 1.42 bits per heavy atom. The molecule has 0 aliphatic rings. The van der Waals surface area contributed by atoms with Crippen LogP contribution >= 0.6 is 11.6 Å². The first-order chi connectivity index (χ1) is 5.25. The van der Waals surface area contributed by atoms with Gasteiger partial charge in [-0.3, -0.25) is 0 Å². The van der Waals surface area contributed by atoms with Gasteiger partial charge in [0.2, 0.25) is 0 Å². The van der Waals surface area contributed by atoms with Crippen molar-refractivity contribution in [3.05, 3.63) is 35.4 Å². The number of alkyl halides is 1. The molecule has 0 aromatic heterocycles. The fourth-order valence-electron chi connectivity index (χ4n) is 0.845. The Morgan fingerprint density at radius 3 is 2.42 bits per heavy atom. The minimum atomic E-state index is -0.929. The Bertz CT molecular complexity index is 276. The van der Waals surface area contributed by atoms with E-state index >= 15 is 0 Å². The van der Waals surface area contributed by atoms with Gasteiger partial charge in [0.15, 0.2) is 0 Å². The van der Waals surface area contributed by atoms with Crippen molar-refractivity contribution in [1.29, 1.82) is 0 Å². The Hall–Kier alpha value is 0.240. The zero-order valence-corrected chi connectivity index (χ0v) is 6.51. The number of rotatable bonds is 2. The van der Waals surface area contributed by atoms with E-state index in [1.165, 1.54) is 0 Å². The summed E-state index contributed by atoms with van der Waals surface area (Å²) in [5, 5.41) is 8.64. The molecule has 0 atom stereocenters. The fraction of sp³-hybridized carbons (Fsp3) is 0.125. The van der Waals surface area contributed by atoms with Crippen molar-refractivity contribution in [1.82, 2.24) is 0 Å². The summed E-state index contributed by atoms with van der Waals surface area (Å²) in [4.78, 5) is 10.5. The normalized spacial score (nSPS) is 8.75. The first kappa shape index (κ1) is 12.2. The first-order valence-corrected chi connectivity index (χ1v) is 3.66. The summed E-state index contributed by atoms with van der Waals surface area (Å²) in [5.74, 6) is -0.691. The third kappa shape index (κ3) is 2.94. The third-order valence-corrected chi connectivity index (χ3v) is 1.68. The number of hydrogen-bond acceptors (Lipinski definition) is 1. The molecule has 0 heterocycles. The van der Waals surface area contributed by atoms with Gasteiger partial charge >= 0.3 is 43.7 Å². The number of hydrogen-bond donors (Lipinski definition) is 1. The molecule has 0 fully saturated rings. The van der Waals surface area contributed by atoms with E-state index in [1.54, 1.807) is 24.3 Å². The molecule has 0 aliphatic heterocycles. The van der Waals surface area contributed by atoms with Gasteiger partial charge in [0.05, 0.1) is 5.56 Å². The van der Waals surface area contributed by atoms with Gasteiger partial charge in [-0.05, 0) is 11.6 Å². The van der Waals surface area contributed by atoms with E-state index in [0.717, 1.165) is 0 Å². The fourth-order valence-corrected chi connectivity index (χ4v) is 1.08. The molecule has 12 heavy (non-hydrogen) atoms. The number of carbonyl (C=O) groups is 1. The molecule has 1 rings (SSSR count). The quantitative estimate of drug-likeness (QED) is 0.591. The van der Waals surface area contributed by atoms with Crippen LogP contribution in [0.4, 0.5) is 0 Å². The van der Waals surface area contributed by atoms with Gasteiger partial charge in [-0.2, -0.15) is 0 Å². The zero-order valence-electron chi connectivity index (χ0n) is 5.75. The Kier molecular flexibility index (Phi) is 5.93. The Morgan fingerprint density at radius 2 is 2.00 bits per heavy atom. The van der Waals surface area contributed by atoms with Crippen molar-refractivity contribution in [2.45, 2.75) is 5.88 Å². The summed E-state index contributed by atoms with van der Waals surface area (Å²) in [7, 11) is 0. The van der Waals surface area contributed by atoms with Gasteiger partial charge in [0.1, 0.15) is 0 Å². The van der Waals surface area contributed by atoms with Crippen LogP contribution in [0.25, 0.3) is 0 Å². The molecule has 0 amide bonds. The molecular weight excluding hydrogens is 204 g/mol. The number of carboxylic acids is 1. The first-order valence-electron chi connectivity index (χ1n) is 3.13. The van der Waals surface area contributed by atoms with Crippen LogP contribution in [-0.4, -0.2) is 48.8 Å². The minimum absolute atomic E-state index is 0. The van der Waals surface area contributed by atoms with E-state index in [-0.39, 0.29) is 49.2 Å². The van der Waals surface area contributed by atoms with E-state index < -0.39 is 5.97 Å². The van der Waals surface area contributed by atoms with Crippen molar-refractivity contribution in [2.24, 2.45) is 0 Å². The van der Waals surface area contributed by atoms with Gasteiger partial charge in [-0.1, -0.05) is 18.2 Å². The van der Waals surface area contributed by atoms with E-state index in [2.05, 4.69) is 0 Å². The van der Waals surface area contributed by atoms with Crippen LogP contribution in [0.2, 0.25) is 0 Å². The second-order valence-corrected chi connectivity index (χ2v) is 2.36. The maximum atomic E-state index is 10.5. The molecule has 1 aromatic rings. The van der Waals surface area contributed by atoms with Crippen LogP contribution in [-0.2, 0) is 5.88 Å². The average molecular weight is 213 g/mol. The monoisotopic (exact) mass is 212 g/mol. The second kappa shape index (κ2) is 5.81. The molecule has 62 valence electrons. The van der Waals surface area contributed by atoms with Gasteiger partial charge in [-0.25, -0.2) is 4.79 Å². The topological polar surface area (TPSA) is 37.3 Å². The van der Waals surface area contributed by atoms with Crippen LogP contribution in [0.1, 0.15) is 15.9 Å². The summed E-state index contributed by atoms with van der Waals surface area (Å²) >= 11 is 5.51. The molecule has 4 heteroatoms. The predicted molar refractivity (Wildman–Crippen MR) is 51.5 cm³/mol. The third-order valence-electron chi connectivity index (χ3n) is 1.39. The van der Waals surface area contributed by atoms with Crippen molar-refractivity contribution < 1.29 is 9.90 Å². The molecule has 1 aromatic carbocycles. The van der Waals surface area contributed by atoms with Crippen molar-refractivity contribution >= 4 is 55.3 Å². The van der Waals surface area contributed by atoms with Gasteiger partial charge in [0.25, 0.3) is 0 Å². The summed E-state index contributed by atoms with van der Waals surface area (Å²) in [6.45, 7) is 0. The van der Waals surface area contributed by atoms with Crippen LogP contribution < -0.4 is 0 Å². The van der Waals surface area contributed by atoms with Crippen LogP contribution in [0.5, 0.6) is 0 Å². The SMILES string of the molecule is O=C(O)c1ccccc1CCl.[CaH2]. The molecular formula is C8H9CaClO2. The number of benzene rings is 1. The van der Waals surface area contributed by atoms with Gasteiger partial charge in [0, 0.05) is 5.88 Å². The van der Waals surface area contributed by atoms with Crippen molar-refractivity contribution in [3.8, 4) is 0 Å². The molecule has 0 saturated heterocycles. The molecule has 0 saturated carbocycles. The van der Waals surface area contributed by atoms with E-state index in [9.17, 15) is 4.79 Å². The summed E-state index contributed by atoms with van der Waals surface area (Å²) < 4.78 is 0. The Labute approximate surface area is 106 Å². The van der Waals surface area contributed by atoms with Crippen LogP contribution in [0, 0.1) is 0 Å². The van der Waals surface area contributed by atoms with Gasteiger partial charge < -0.3 is 5.11 Å².